The Morgan fingerprint density at radius 3 is 1.23 bits per heavy atom. The Labute approximate surface area is 790 Å². The van der Waals surface area contributed by atoms with Crippen molar-refractivity contribution in [3.8, 4) is 0 Å². The lowest BCUT2D eigenvalue weighted by molar-refractivity contribution is -0.265. The second-order valence-corrected chi connectivity index (χ2v) is 39.7. The van der Waals surface area contributed by atoms with Crippen molar-refractivity contribution >= 4 is 58.5 Å². The van der Waals surface area contributed by atoms with Crippen molar-refractivity contribution in [3.05, 3.63) is 95.2 Å². The maximum atomic E-state index is 14.5. The summed E-state index contributed by atoms with van der Waals surface area (Å²) in [6.07, 6.45) is 23.2. The van der Waals surface area contributed by atoms with Crippen LogP contribution in [0.4, 0.5) is 0 Å². The predicted octanol–water partition coefficient (Wildman–Crippen LogP) is 12.4. The number of aliphatic hydroxyl groups excluding tert-OH is 4. The van der Waals surface area contributed by atoms with Crippen molar-refractivity contribution in [2.75, 3.05) is 69.0 Å². The van der Waals surface area contributed by atoms with E-state index in [1.165, 1.54) is 24.0 Å². The molecule has 2 amide bonds. The summed E-state index contributed by atoms with van der Waals surface area (Å²) in [5, 5.41) is 66.6. The summed E-state index contributed by atoms with van der Waals surface area (Å²) in [5.41, 5.74) is 2.53. The van der Waals surface area contributed by atoms with E-state index in [1.54, 1.807) is 82.1 Å². The maximum absolute atomic E-state index is 14.5. The molecule has 29 nitrogen and oxygen atoms in total. The molecule has 6 heterocycles. The molecular weight excluding hydrogens is 1710 g/mol. The number of cyclic esters (lactones) is 2. The van der Waals surface area contributed by atoms with E-state index >= 15 is 0 Å². The SMILES string of the molecule is CO[C@H]1CC2CC[C@@H](C)[C@@](O)(O2)C(=O)C(=O)N2CCCC[C@H]2C(=O)OC([C@H](C)C[C@@H]2CC[C@@H](O)[C@H](OC)C2)CC(=O)[C@H](C)/C=C(\C)[C@@H](O)[C@@H](OC)C(=O)[C@H](C)C[C@H](C)/C=C/C=CC=C1C.CO[C@H]1CC2CC[C@@H](C)[C@@](O)(O2)C(=O)C(=O)N2CCCC[C@H]2C(=O)O[C@H]([C@@H](C)C[C@@H]2CC[C@@H](OCCO)[C@H](OC)C2)CC(=O)[C@H](C)/C=C(\C)[C@@H](O)[C@@H](OC)C(=O)[C@H](C)C[C@H](C)/C=C/C=CC=C1C. The smallest absolute Gasteiger partial charge is 0.329 e. The zero-order valence-corrected chi connectivity index (χ0v) is 83.0. The minimum Gasteiger partial charge on any atom is -0.460 e. The van der Waals surface area contributed by atoms with Crippen LogP contribution in [0.1, 0.15) is 251 Å². The Bertz CT molecular complexity index is 4070. The van der Waals surface area contributed by atoms with Gasteiger partial charge in [-0.3, -0.25) is 38.4 Å². The molecule has 8 rings (SSSR count). The predicted molar refractivity (Wildman–Crippen MR) is 501 cm³/mol. The van der Waals surface area contributed by atoms with Gasteiger partial charge in [0.2, 0.25) is 11.6 Å². The van der Waals surface area contributed by atoms with Gasteiger partial charge in [0, 0.05) is 117 Å². The Hall–Kier alpha value is -6.78. The van der Waals surface area contributed by atoms with E-state index in [0.29, 0.717) is 127 Å². The van der Waals surface area contributed by atoms with E-state index in [1.807, 2.05) is 116 Å². The number of allylic oxidation sites excluding steroid dienone is 12. The third kappa shape index (κ3) is 31.6. The van der Waals surface area contributed by atoms with Crippen molar-refractivity contribution in [3.63, 3.8) is 0 Å². The minimum absolute atomic E-state index is 0.0158. The Morgan fingerprint density at radius 1 is 0.444 bits per heavy atom. The molecule has 6 fully saturated rings. The molecule has 0 aromatic carbocycles. The van der Waals surface area contributed by atoms with Gasteiger partial charge in [-0.1, -0.05) is 142 Å². The van der Waals surface area contributed by atoms with Crippen LogP contribution in [0.15, 0.2) is 95.2 Å². The van der Waals surface area contributed by atoms with Gasteiger partial charge in [0.25, 0.3) is 23.4 Å². The van der Waals surface area contributed by atoms with E-state index in [2.05, 4.69) is 0 Å². The van der Waals surface area contributed by atoms with Gasteiger partial charge < -0.3 is 92.5 Å². The zero-order valence-electron chi connectivity index (χ0n) is 83.0. The third-order valence-corrected chi connectivity index (χ3v) is 29.4. The summed E-state index contributed by atoms with van der Waals surface area (Å²) >= 11 is 0. The fourth-order valence-electron chi connectivity index (χ4n) is 20.6. The van der Waals surface area contributed by atoms with E-state index < -0.39 is 162 Å². The van der Waals surface area contributed by atoms with Crippen LogP contribution in [0, 0.1) is 71.0 Å². The number of piperidine rings is 2. The molecular formula is C104H162N2O27. The molecule has 0 spiro atoms. The molecule has 2 aliphatic carbocycles. The van der Waals surface area contributed by atoms with Crippen LogP contribution in [0.5, 0.6) is 0 Å². The molecule has 29 heteroatoms. The van der Waals surface area contributed by atoms with Gasteiger partial charge in [0.15, 0.2) is 11.6 Å². The van der Waals surface area contributed by atoms with Gasteiger partial charge in [-0.25, -0.2) is 9.59 Å². The molecule has 0 aromatic rings. The molecule has 4 saturated heterocycles. The fraction of sp³-hybridized carbons (Fsp3) is 0.750. The summed E-state index contributed by atoms with van der Waals surface area (Å²) in [4.78, 5) is 144. The van der Waals surface area contributed by atoms with Crippen molar-refractivity contribution in [1.29, 1.82) is 0 Å². The number of methoxy groups -OCH3 is 6. The van der Waals surface area contributed by atoms with Crippen LogP contribution in [0.3, 0.4) is 0 Å². The van der Waals surface area contributed by atoms with Crippen molar-refractivity contribution in [2.45, 2.75) is 360 Å². The van der Waals surface area contributed by atoms with Crippen LogP contribution >= 0.6 is 0 Å². The number of Topliss-reactive ketones (excluding diaryl/α,β-unsaturated/α-hetero) is 6. The van der Waals surface area contributed by atoms with E-state index in [0.717, 1.165) is 24.0 Å². The number of carbonyl (C=O) groups excluding carboxylic acids is 10. The highest BCUT2D eigenvalue weighted by Crippen LogP contribution is 2.42. The lowest BCUT2D eigenvalue weighted by Gasteiger charge is -2.42. The number of hydrogen-bond donors (Lipinski definition) is 6. The first kappa shape index (κ1) is 113. The molecule has 0 aromatic heterocycles. The van der Waals surface area contributed by atoms with Gasteiger partial charge in [-0.05, 0) is 214 Å². The van der Waals surface area contributed by atoms with Crippen molar-refractivity contribution < 1.29 is 131 Å². The number of esters is 2. The fourth-order valence-corrected chi connectivity index (χ4v) is 20.6. The molecule has 6 N–H and O–H groups in total. The molecule has 2 saturated carbocycles. The van der Waals surface area contributed by atoms with Crippen LogP contribution in [0.25, 0.3) is 0 Å². The largest absolute Gasteiger partial charge is 0.460 e. The number of ketones is 6. The van der Waals surface area contributed by atoms with Gasteiger partial charge in [-0.15, -0.1) is 0 Å². The van der Waals surface area contributed by atoms with Crippen molar-refractivity contribution in [1.82, 2.24) is 9.80 Å². The number of hydrogen-bond acceptors (Lipinski definition) is 27. The second-order valence-electron chi connectivity index (χ2n) is 39.7. The monoisotopic (exact) mass is 1870 g/mol. The van der Waals surface area contributed by atoms with Crippen LogP contribution in [-0.2, 0) is 100 Å². The Morgan fingerprint density at radius 2 is 0.842 bits per heavy atom. The van der Waals surface area contributed by atoms with Gasteiger partial charge in [0.1, 0.15) is 60.3 Å². The summed E-state index contributed by atoms with van der Waals surface area (Å²) in [7, 11) is 9.10. The topological polar surface area (TPSA) is 400 Å². The summed E-state index contributed by atoms with van der Waals surface area (Å²) in [6, 6.07) is -2.28. The number of amides is 2. The highest BCUT2D eigenvalue weighted by atomic mass is 16.6. The molecule has 750 valence electrons. The highest BCUT2D eigenvalue weighted by molar-refractivity contribution is 6.39. The summed E-state index contributed by atoms with van der Waals surface area (Å²) in [6.45, 7) is 25.6. The molecule has 3 unspecified atom stereocenters. The average Bonchev–Trinajstić information content (AvgIpc) is 0.776. The zero-order chi connectivity index (χ0) is 98.5. The minimum atomic E-state index is -2.43. The quantitative estimate of drug-likeness (QED) is 0.0504. The molecule has 8 aliphatic rings. The Balaban J connectivity index is 0.000000364. The Kier molecular flexibility index (Phi) is 46.4. The number of nitrogens with zero attached hydrogens (tertiary/aromatic N) is 2. The normalized spacial score (nSPS) is 38.5. The van der Waals surface area contributed by atoms with E-state index in [4.69, 9.17) is 52.1 Å². The lowest BCUT2D eigenvalue weighted by atomic mass is 9.78. The van der Waals surface area contributed by atoms with Crippen LogP contribution in [0.2, 0.25) is 0 Å². The molecule has 133 heavy (non-hydrogen) atoms. The molecule has 30 atom stereocenters. The van der Waals surface area contributed by atoms with Gasteiger partial charge >= 0.3 is 11.9 Å². The third-order valence-electron chi connectivity index (χ3n) is 29.4. The molecule has 6 aliphatic heterocycles. The number of ether oxygens (including phenoxy) is 11. The number of rotatable bonds is 15. The summed E-state index contributed by atoms with van der Waals surface area (Å²) < 4.78 is 64.9. The standard InChI is InChI=1S/C53H83NO14.C51H79NO13/c1-32-16-12-11-13-17-33(2)44(63-8)30-40-21-19-38(7)53(62,68-40)50(59)51(60)54-23-15-14-18-41(54)52(61)67-45(35(4)28-39-20-22-43(66-25-24-55)46(29-39)64-9)31-42(56)34(3)27-37(6)48(58)49(65-10)47(57)36(5)26-32;1-30-16-12-11-13-17-31(2)42(61-8)28-38-21-19-36(7)51(60,65-38)48(57)49(58)52-23-15-14-18-39(52)50(59)64-43(33(4)26-37-20-22-40(53)44(27-37)62-9)29-41(54)32(3)25-35(6)46(56)47(63-10)45(55)34(5)24-30/h11-13,16-17,27,32,34-36,38-41,43-46,48-49,55,58,62H,14-15,18-26,28-31H2,1-10H3;11-13,16-17,25,30,32-34,36-40,42-44,46-47,53,56,60H,14-15,18-24,26-29H2,1-10H3/b13-11?,16-12+,33-17?,37-27+;13-11?,16-12+,31-17?,35-25+/t32-,34-,35+,36-,38-,39+,40?,41+,43-,44+,45+,46-,48-,49+,53-;30-,32-,33-,34-,36-,37+,38?,39+,40-,42+,43?,44-,46-,47+,51-/m11/s1. The first-order valence-electron chi connectivity index (χ1n) is 48.9. The van der Waals surface area contributed by atoms with Crippen LogP contribution in [-0.4, -0.2) is 277 Å². The average molecular weight is 1870 g/mol. The van der Waals surface area contributed by atoms with Gasteiger partial charge in [0.05, 0.1) is 62.0 Å². The number of fused-ring (bicyclic) bond motifs is 6. The highest BCUT2D eigenvalue weighted by Gasteiger charge is 2.56. The lowest BCUT2D eigenvalue weighted by Crippen LogP contribution is -2.61. The van der Waals surface area contributed by atoms with Gasteiger partial charge in [-0.2, -0.15) is 0 Å². The van der Waals surface area contributed by atoms with E-state index in [9.17, 15) is 78.6 Å². The number of carbonyl (C=O) groups is 10. The maximum Gasteiger partial charge on any atom is 0.329 e. The first-order valence-corrected chi connectivity index (χ1v) is 48.9. The van der Waals surface area contributed by atoms with Crippen molar-refractivity contribution in [2.24, 2.45) is 71.0 Å². The second kappa shape index (κ2) is 54.5. The first-order chi connectivity index (χ1) is 63.0. The number of aliphatic hydroxyl groups is 6. The molecule has 0 radical (unpaired) electrons. The molecule has 4 bridgehead atoms. The van der Waals surface area contributed by atoms with Crippen LogP contribution < -0.4 is 0 Å². The van der Waals surface area contributed by atoms with E-state index in [-0.39, 0.29) is 129 Å². The summed E-state index contributed by atoms with van der Waals surface area (Å²) in [5.74, 6) is -15.9.